The lowest BCUT2D eigenvalue weighted by Crippen LogP contribution is -2.29. The molecule has 3 aromatic carbocycles. The van der Waals surface area contributed by atoms with Crippen molar-refractivity contribution in [3.63, 3.8) is 0 Å². The summed E-state index contributed by atoms with van der Waals surface area (Å²) < 4.78 is 16.3. The molecule has 1 amide bonds. The quantitative estimate of drug-likeness (QED) is 0.201. The SMILES string of the molecule is CCCOc1cccc(N2C(=O)C(=O)/C(=C(/O)c3cc(Cl)c(OC)c(Cl)c3)C2c2cccc(OC)c2)c1. The zero-order valence-corrected chi connectivity index (χ0v) is 22.0. The maximum absolute atomic E-state index is 13.4. The molecule has 1 fully saturated rings. The lowest BCUT2D eigenvalue weighted by molar-refractivity contribution is -0.132. The van der Waals surface area contributed by atoms with E-state index < -0.39 is 23.5 Å². The number of methoxy groups -OCH3 is 2. The topological polar surface area (TPSA) is 85.3 Å². The normalized spacial score (nSPS) is 16.7. The highest BCUT2D eigenvalue weighted by Crippen LogP contribution is 2.44. The van der Waals surface area contributed by atoms with Crippen molar-refractivity contribution in [2.24, 2.45) is 0 Å². The van der Waals surface area contributed by atoms with Gasteiger partial charge >= 0.3 is 0 Å². The average molecular weight is 542 g/mol. The summed E-state index contributed by atoms with van der Waals surface area (Å²) >= 11 is 12.6. The molecule has 7 nitrogen and oxygen atoms in total. The van der Waals surface area contributed by atoms with Crippen molar-refractivity contribution in [2.45, 2.75) is 19.4 Å². The first-order chi connectivity index (χ1) is 17.8. The summed E-state index contributed by atoms with van der Waals surface area (Å²) in [6.07, 6.45) is 0.811. The summed E-state index contributed by atoms with van der Waals surface area (Å²) in [7, 11) is 2.94. The number of aliphatic hydroxyl groups excluding tert-OH is 1. The molecule has 0 spiro atoms. The van der Waals surface area contributed by atoms with Gasteiger partial charge in [-0.25, -0.2) is 0 Å². The van der Waals surface area contributed by atoms with E-state index in [1.54, 1.807) is 48.5 Å². The van der Waals surface area contributed by atoms with E-state index in [2.05, 4.69) is 0 Å². The van der Waals surface area contributed by atoms with E-state index in [-0.39, 0.29) is 26.9 Å². The van der Waals surface area contributed by atoms with E-state index in [1.165, 1.54) is 31.3 Å². The van der Waals surface area contributed by atoms with Crippen LogP contribution in [-0.2, 0) is 9.59 Å². The summed E-state index contributed by atoms with van der Waals surface area (Å²) in [5.41, 5.74) is 1.05. The largest absolute Gasteiger partial charge is 0.507 e. The van der Waals surface area contributed by atoms with Crippen LogP contribution in [0.1, 0.15) is 30.5 Å². The third kappa shape index (κ3) is 5.10. The molecule has 4 rings (SSSR count). The number of ether oxygens (including phenoxy) is 3. The Labute approximate surface area is 224 Å². The first-order valence-corrected chi connectivity index (χ1v) is 12.3. The smallest absolute Gasteiger partial charge is 0.300 e. The average Bonchev–Trinajstić information content (AvgIpc) is 3.17. The Morgan fingerprint density at radius 3 is 2.27 bits per heavy atom. The number of anilines is 1. The van der Waals surface area contributed by atoms with E-state index in [1.807, 2.05) is 6.92 Å². The van der Waals surface area contributed by atoms with Gasteiger partial charge in [-0.15, -0.1) is 0 Å². The van der Waals surface area contributed by atoms with Crippen molar-refractivity contribution in [1.29, 1.82) is 0 Å². The Balaban J connectivity index is 1.93. The monoisotopic (exact) mass is 541 g/mol. The second-order valence-corrected chi connectivity index (χ2v) is 9.08. The molecule has 9 heteroatoms. The highest BCUT2D eigenvalue weighted by Gasteiger charge is 2.47. The van der Waals surface area contributed by atoms with Crippen molar-refractivity contribution in [3.8, 4) is 17.2 Å². The number of rotatable bonds is 8. The fourth-order valence-electron chi connectivity index (χ4n) is 4.22. The Hall–Kier alpha value is -3.68. The van der Waals surface area contributed by atoms with Crippen LogP contribution in [-0.4, -0.2) is 37.6 Å². The highest BCUT2D eigenvalue weighted by molar-refractivity contribution is 6.51. The fourth-order valence-corrected chi connectivity index (χ4v) is 4.86. The van der Waals surface area contributed by atoms with Crippen LogP contribution in [0, 0.1) is 0 Å². The number of halogens is 2. The number of amides is 1. The van der Waals surface area contributed by atoms with Crippen LogP contribution in [0.4, 0.5) is 5.69 Å². The molecule has 1 aliphatic rings. The number of hydrogen-bond donors (Lipinski definition) is 1. The van der Waals surface area contributed by atoms with Gasteiger partial charge in [0.05, 0.1) is 42.5 Å². The molecule has 1 unspecified atom stereocenters. The number of benzene rings is 3. The van der Waals surface area contributed by atoms with Gasteiger partial charge in [0.25, 0.3) is 11.7 Å². The van der Waals surface area contributed by atoms with Crippen LogP contribution in [0.3, 0.4) is 0 Å². The Kier molecular flexibility index (Phi) is 7.95. The van der Waals surface area contributed by atoms with Crippen molar-refractivity contribution >= 4 is 46.3 Å². The number of nitrogens with zero attached hydrogens (tertiary/aromatic N) is 1. The van der Waals surface area contributed by atoms with Gasteiger partial charge in [-0.05, 0) is 48.4 Å². The number of hydrogen-bond acceptors (Lipinski definition) is 6. The second-order valence-electron chi connectivity index (χ2n) is 8.26. The van der Waals surface area contributed by atoms with Crippen LogP contribution < -0.4 is 19.1 Å². The van der Waals surface area contributed by atoms with Crippen molar-refractivity contribution < 1.29 is 28.9 Å². The van der Waals surface area contributed by atoms with Gasteiger partial charge in [0.1, 0.15) is 17.3 Å². The fraction of sp³-hybridized carbons (Fsp3) is 0.214. The van der Waals surface area contributed by atoms with Gasteiger partial charge in [0.2, 0.25) is 0 Å². The Morgan fingerprint density at radius 2 is 1.62 bits per heavy atom. The van der Waals surface area contributed by atoms with Crippen LogP contribution >= 0.6 is 23.2 Å². The lowest BCUT2D eigenvalue weighted by Gasteiger charge is -2.26. The first-order valence-electron chi connectivity index (χ1n) is 11.5. The van der Waals surface area contributed by atoms with Gasteiger partial charge < -0.3 is 19.3 Å². The third-order valence-corrected chi connectivity index (χ3v) is 6.46. The van der Waals surface area contributed by atoms with Crippen LogP contribution in [0.25, 0.3) is 5.76 Å². The molecule has 0 aliphatic carbocycles. The molecule has 3 aromatic rings. The molecule has 0 bridgehead atoms. The van der Waals surface area contributed by atoms with Crippen molar-refractivity contribution in [2.75, 3.05) is 25.7 Å². The minimum absolute atomic E-state index is 0.115. The minimum Gasteiger partial charge on any atom is -0.507 e. The summed E-state index contributed by atoms with van der Waals surface area (Å²) in [6, 6.07) is 15.8. The number of ketones is 1. The zero-order valence-electron chi connectivity index (χ0n) is 20.5. The highest BCUT2D eigenvalue weighted by atomic mass is 35.5. The number of Topliss-reactive ketones (excluding diaryl/α,β-unsaturated/α-hetero) is 1. The molecule has 1 heterocycles. The molecular weight excluding hydrogens is 517 g/mol. The Morgan fingerprint density at radius 1 is 0.946 bits per heavy atom. The van der Waals surface area contributed by atoms with Gasteiger partial charge in [0.15, 0.2) is 5.75 Å². The van der Waals surface area contributed by atoms with Crippen LogP contribution in [0.5, 0.6) is 17.2 Å². The zero-order chi connectivity index (χ0) is 26.7. The molecule has 1 N–H and O–H groups in total. The Bertz CT molecular complexity index is 1360. The lowest BCUT2D eigenvalue weighted by atomic mass is 9.95. The molecule has 0 radical (unpaired) electrons. The first kappa shape index (κ1) is 26.4. The van der Waals surface area contributed by atoms with E-state index in [9.17, 15) is 14.7 Å². The molecule has 192 valence electrons. The molecule has 1 atom stereocenters. The standard InChI is InChI=1S/C28H25Cl2NO6/c1-4-11-37-20-10-6-8-18(15-20)31-24(16-7-5-9-19(12-16)35-2)23(26(33)28(31)34)25(32)17-13-21(29)27(36-3)22(30)14-17/h5-10,12-15,24,32H,4,11H2,1-3H3/b25-23+. The minimum atomic E-state index is -0.962. The summed E-state index contributed by atoms with van der Waals surface area (Å²) in [5, 5.41) is 11.7. The summed E-state index contributed by atoms with van der Waals surface area (Å²) in [6.45, 7) is 2.49. The molecule has 0 aromatic heterocycles. The maximum atomic E-state index is 13.4. The van der Waals surface area contributed by atoms with E-state index >= 15 is 0 Å². The molecule has 1 aliphatic heterocycles. The molecule has 1 saturated heterocycles. The number of aliphatic hydroxyl groups is 1. The second kappa shape index (κ2) is 11.2. The maximum Gasteiger partial charge on any atom is 0.300 e. The van der Waals surface area contributed by atoms with Gasteiger partial charge in [-0.3, -0.25) is 14.5 Å². The molecular formula is C28H25Cl2NO6. The number of carbonyl (C=O) groups excluding carboxylic acids is 2. The predicted molar refractivity (Wildman–Crippen MR) is 143 cm³/mol. The predicted octanol–water partition coefficient (Wildman–Crippen LogP) is 6.43. The van der Waals surface area contributed by atoms with E-state index in [0.717, 1.165) is 6.42 Å². The van der Waals surface area contributed by atoms with E-state index in [4.69, 9.17) is 37.4 Å². The van der Waals surface area contributed by atoms with Gasteiger partial charge in [0, 0.05) is 17.3 Å². The molecule has 37 heavy (non-hydrogen) atoms. The summed E-state index contributed by atoms with van der Waals surface area (Å²) in [4.78, 5) is 28.2. The summed E-state index contributed by atoms with van der Waals surface area (Å²) in [5.74, 6) is -0.758. The molecule has 0 saturated carbocycles. The third-order valence-electron chi connectivity index (χ3n) is 5.90. The van der Waals surface area contributed by atoms with Gasteiger partial charge in [-0.2, -0.15) is 0 Å². The van der Waals surface area contributed by atoms with Crippen LogP contribution in [0.2, 0.25) is 10.0 Å². The van der Waals surface area contributed by atoms with Crippen molar-refractivity contribution in [3.05, 3.63) is 87.4 Å². The number of carbonyl (C=O) groups is 2. The van der Waals surface area contributed by atoms with E-state index in [0.29, 0.717) is 29.4 Å². The van der Waals surface area contributed by atoms with Crippen molar-refractivity contribution in [1.82, 2.24) is 0 Å². The van der Waals surface area contributed by atoms with Crippen LogP contribution in [0.15, 0.2) is 66.2 Å². The van der Waals surface area contributed by atoms with Gasteiger partial charge in [-0.1, -0.05) is 48.3 Å².